The van der Waals surface area contributed by atoms with Crippen molar-refractivity contribution in [2.45, 2.75) is 6.92 Å². The number of nitrogens with zero attached hydrogens (tertiary/aromatic N) is 3. The Morgan fingerprint density at radius 3 is 2.65 bits per heavy atom. The number of aryl methyl sites for hydroxylation is 1. The molecule has 0 unspecified atom stereocenters. The Labute approximate surface area is 136 Å². The lowest BCUT2D eigenvalue weighted by molar-refractivity contribution is 1.09. The van der Waals surface area contributed by atoms with Gasteiger partial charge >= 0.3 is 0 Å². The minimum atomic E-state index is -0.0737. The van der Waals surface area contributed by atoms with E-state index in [1.807, 2.05) is 67.6 Å². The minimum Gasteiger partial charge on any atom is -0.267 e. The van der Waals surface area contributed by atoms with Gasteiger partial charge in [-0.15, -0.1) is 10.2 Å². The van der Waals surface area contributed by atoms with E-state index in [0.29, 0.717) is 15.3 Å². The normalized spacial score (nSPS) is 12.1. The monoisotopic (exact) mass is 319 g/mol. The van der Waals surface area contributed by atoms with E-state index >= 15 is 0 Å². The van der Waals surface area contributed by atoms with Gasteiger partial charge in [-0.3, -0.25) is 4.79 Å². The Balaban J connectivity index is 1.94. The van der Waals surface area contributed by atoms with E-state index in [1.165, 1.54) is 11.3 Å². The van der Waals surface area contributed by atoms with Crippen LogP contribution in [0.4, 0.5) is 0 Å². The van der Waals surface area contributed by atoms with E-state index in [-0.39, 0.29) is 5.56 Å². The molecule has 4 aromatic rings. The molecule has 0 saturated heterocycles. The van der Waals surface area contributed by atoms with Gasteiger partial charge in [-0.05, 0) is 24.6 Å². The van der Waals surface area contributed by atoms with Gasteiger partial charge in [-0.25, -0.2) is 4.40 Å². The highest BCUT2D eigenvalue weighted by atomic mass is 32.1. The van der Waals surface area contributed by atoms with Crippen LogP contribution in [0.25, 0.3) is 22.4 Å². The van der Waals surface area contributed by atoms with Crippen LogP contribution in [0, 0.1) is 6.92 Å². The summed E-state index contributed by atoms with van der Waals surface area (Å²) in [4.78, 5) is 13.4. The molecular formula is C18H13N3OS. The predicted octanol–water partition coefficient (Wildman–Crippen LogP) is 2.67. The van der Waals surface area contributed by atoms with Crippen LogP contribution >= 0.6 is 11.3 Å². The molecule has 0 radical (unpaired) electrons. The fraction of sp³-hybridized carbons (Fsp3) is 0.0556. The molecule has 23 heavy (non-hydrogen) atoms. The molecule has 2 aromatic carbocycles. The van der Waals surface area contributed by atoms with Crippen molar-refractivity contribution < 1.29 is 0 Å². The number of hydrogen-bond donors (Lipinski definition) is 0. The average Bonchev–Trinajstić information content (AvgIpc) is 3.10. The number of thiazole rings is 1. The van der Waals surface area contributed by atoms with E-state index in [0.717, 1.165) is 16.7 Å². The summed E-state index contributed by atoms with van der Waals surface area (Å²) in [5.74, 6) is 0.595. The lowest BCUT2D eigenvalue weighted by Crippen LogP contribution is -2.23. The second kappa shape index (κ2) is 5.44. The largest absolute Gasteiger partial charge is 0.276 e. The fourth-order valence-corrected chi connectivity index (χ4v) is 3.45. The number of benzene rings is 2. The SMILES string of the molecule is Cc1cccc(-c2nnc3s/c(=C\c4ccccc4)c(=O)n23)c1. The van der Waals surface area contributed by atoms with Crippen molar-refractivity contribution in [2.75, 3.05) is 0 Å². The summed E-state index contributed by atoms with van der Waals surface area (Å²) in [5.41, 5.74) is 2.95. The summed E-state index contributed by atoms with van der Waals surface area (Å²) in [6.07, 6.45) is 1.89. The third-order valence-corrected chi connectivity index (χ3v) is 4.58. The summed E-state index contributed by atoms with van der Waals surface area (Å²) < 4.78 is 2.25. The average molecular weight is 319 g/mol. The first kappa shape index (κ1) is 13.8. The van der Waals surface area contributed by atoms with Gasteiger partial charge in [0, 0.05) is 5.56 Å². The van der Waals surface area contributed by atoms with E-state index < -0.39 is 0 Å². The Bertz CT molecular complexity index is 1100. The molecule has 0 atom stereocenters. The second-order valence-corrected chi connectivity index (χ2v) is 6.35. The van der Waals surface area contributed by atoms with Gasteiger partial charge in [0.05, 0.1) is 4.53 Å². The standard InChI is InChI=1S/C18H13N3OS/c1-12-6-5-9-14(10-12)16-19-20-18-21(16)17(22)15(23-18)11-13-7-3-2-4-8-13/h2-11H,1H3/b15-11-. The molecule has 0 amide bonds. The lowest BCUT2D eigenvalue weighted by Gasteiger charge is -1.98. The molecule has 0 aliphatic rings. The van der Waals surface area contributed by atoms with E-state index in [2.05, 4.69) is 10.2 Å². The molecule has 0 aliphatic carbocycles. The quantitative estimate of drug-likeness (QED) is 0.571. The predicted molar refractivity (Wildman–Crippen MR) is 92.5 cm³/mol. The Morgan fingerprint density at radius 1 is 1.04 bits per heavy atom. The number of hydrogen-bond acceptors (Lipinski definition) is 4. The van der Waals surface area contributed by atoms with Crippen LogP contribution < -0.4 is 10.1 Å². The van der Waals surface area contributed by atoms with Gasteiger partial charge in [0.15, 0.2) is 5.82 Å². The van der Waals surface area contributed by atoms with Crippen molar-refractivity contribution in [3.05, 3.63) is 80.6 Å². The smallest absolute Gasteiger partial charge is 0.267 e. The Kier molecular flexibility index (Phi) is 3.28. The van der Waals surface area contributed by atoms with Crippen molar-refractivity contribution in [1.29, 1.82) is 0 Å². The summed E-state index contributed by atoms with van der Waals surface area (Å²) in [6, 6.07) is 17.7. The maximum atomic E-state index is 12.7. The first-order chi connectivity index (χ1) is 11.2. The zero-order chi connectivity index (χ0) is 15.8. The fourth-order valence-electron chi connectivity index (χ4n) is 2.53. The van der Waals surface area contributed by atoms with Gasteiger partial charge in [0.1, 0.15) is 0 Å². The summed E-state index contributed by atoms with van der Waals surface area (Å²) in [5, 5.41) is 8.34. The minimum absolute atomic E-state index is 0.0737. The van der Waals surface area contributed by atoms with Crippen LogP contribution in [0.3, 0.4) is 0 Å². The van der Waals surface area contributed by atoms with Crippen LogP contribution in [0.15, 0.2) is 59.4 Å². The number of aromatic nitrogens is 3. The molecule has 0 bridgehead atoms. The Hall–Kier alpha value is -2.79. The molecule has 5 heteroatoms. The summed E-state index contributed by atoms with van der Waals surface area (Å²) in [6.45, 7) is 2.02. The summed E-state index contributed by atoms with van der Waals surface area (Å²) in [7, 11) is 0. The van der Waals surface area contributed by atoms with E-state index in [4.69, 9.17) is 0 Å². The molecule has 2 aromatic heterocycles. The maximum absolute atomic E-state index is 12.7. The topological polar surface area (TPSA) is 47.3 Å². The van der Waals surface area contributed by atoms with Crippen LogP contribution in [0.2, 0.25) is 0 Å². The highest BCUT2D eigenvalue weighted by Gasteiger charge is 2.14. The first-order valence-corrected chi connectivity index (χ1v) is 8.06. The molecule has 4 nitrogen and oxygen atoms in total. The highest BCUT2D eigenvalue weighted by Crippen LogP contribution is 2.18. The third kappa shape index (κ3) is 2.45. The van der Waals surface area contributed by atoms with Gasteiger partial charge in [-0.1, -0.05) is 65.4 Å². The van der Waals surface area contributed by atoms with Crippen molar-refractivity contribution >= 4 is 22.4 Å². The van der Waals surface area contributed by atoms with Gasteiger partial charge in [0.2, 0.25) is 4.96 Å². The molecule has 0 N–H and O–H groups in total. The zero-order valence-corrected chi connectivity index (χ0v) is 13.2. The number of rotatable bonds is 2. The molecule has 4 rings (SSSR count). The molecule has 112 valence electrons. The molecule has 0 fully saturated rings. The van der Waals surface area contributed by atoms with Crippen molar-refractivity contribution in [3.63, 3.8) is 0 Å². The van der Waals surface area contributed by atoms with Crippen molar-refractivity contribution in [1.82, 2.24) is 14.6 Å². The number of fused-ring (bicyclic) bond motifs is 1. The van der Waals surface area contributed by atoms with Gasteiger partial charge in [0.25, 0.3) is 5.56 Å². The van der Waals surface area contributed by atoms with Crippen LogP contribution in [0.1, 0.15) is 11.1 Å². The molecule has 0 spiro atoms. The van der Waals surface area contributed by atoms with E-state index in [9.17, 15) is 4.79 Å². The third-order valence-electron chi connectivity index (χ3n) is 3.62. The highest BCUT2D eigenvalue weighted by molar-refractivity contribution is 7.15. The first-order valence-electron chi connectivity index (χ1n) is 7.24. The van der Waals surface area contributed by atoms with Crippen LogP contribution in [-0.2, 0) is 0 Å². The van der Waals surface area contributed by atoms with Gasteiger partial charge in [-0.2, -0.15) is 0 Å². The molecule has 0 saturated carbocycles. The van der Waals surface area contributed by atoms with E-state index in [1.54, 1.807) is 4.40 Å². The Morgan fingerprint density at radius 2 is 1.87 bits per heavy atom. The summed E-state index contributed by atoms with van der Waals surface area (Å²) >= 11 is 1.36. The second-order valence-electron chi connectivity index (χ2n) is 5.34. The van der Waals surface area contributed by atoms with Crippen molar-refractivity contribution in [2.24, 2.45) is 0 Å². The zero-order valence-electron chi connectivity index (χ0n) is 12.4. The molecular weight excluding hydrogens is 306 g/mol. The van der Waals surface area contributed by atoms with Crippen LogP contribution in [-0.4, -0.2) is 14.6 Å². The maximum Gasteiger partial charge on any atom is 0.276 e. The van der Waals surface area contributed by atoms with Gasteiger partial charge < -0.3 is 0 Å². The lowest BCUT2D eigenvalue weighted by atomic mass is 10.1. The molecule has 2 heterocycles. The van der Waals surface area contributed by atoms with Crippen LogP contribution in [0.5, 0.6) is 0 Å². The molecule has 0 aliphatic heterocycles. The van der Waals surface area contributed by atoms with Crippen molar-refractivity contribution in [3.8, 4) is 11.4 Å².